The van der Waals surface area contributed by atoms with Gasteiger partial charge in [-0.05, 0) is 20.8 Å². The third-order valence-electron chi connectivity index (χ3n) is 3.98. The van der Waals surface area contributed by atoms with Crippen molar-refractivity contribution in [2.75, 3.05) is 25.1 Å². The third-order valence-corrected chi connectivity index (χ3v) is 4.78. The van der Waals surface area contributed by atoms with E-state index in [0.29, 0.717) is 48.0 Å². The Hall–Kier alpha value is -2.72. The second-order valence-electron chi connectivity index (χ2n) is 6.88. The molecule has 0 saturated carbocycles. The Morgan fingerprint density at radius 1 is 1.30 bits per heavy atom. The van der Waals surface area contributed by atoms with Gasteiger partial charge in [-0.3, -0.25) is 14.9 Å². The van der Waals surface area contributed by atoms with Gasteiger partial charge in [-0.2, -0.15) is 4.98 Å². The molecule has 162 valence electrons. The van der Waals surface area contributed by atoms with Crippen LogP contribution in [0.5, 0.6) is 11.8 Å². The molecule has 1 unspecified atom stereocenters. The molecule has 0 spiro atoms. The van der Waals surface area contributed by atoms with Crippen molar-refractivity contribution in [1.29, 1.82) is 0 Å². The van der Waals surface area contributed by atoms with E-state index in [-0.39, 0.29) is 30.5 Å². The Bertz CT molecular complexity index is 879. The fourth-order valence-electron chi connectivity index (χ4n) is 2.73. The summed E-state index contributed by atoms with van der Waals surface area (Å²) in [6.45, 7) is 6.93. The molecule has 0 radical (unpaired) electrons. The number of thiazole rings is 1. The van der Waals surface area contributed by atoms with E-state index in [1.165, 1.54) is 11.3 Å². The fraction of sp³-hybridized carbons (Fsp3) is 0.500. The maximum Gasteiger partial charge on any atom is 0.311 e. The molecule has 1 N–H and O–H groups in total. The van der Waals surface area contributed by atoms with E-state index in [1.54, 1.807) is 24.4 Å². The van der Waals surface area contributed by atoms with Gasteiger partial charge < -0.3 is 18.9 Å². The summed E-state index contributed by atoms with van der Waals surface area (Å²) < 4.78 is 21.7. The van der Waals surface area contributed by atoms with Crippen molar-refractivity contribution in [3.05, 3.63) is 28.8 Å². The van der Waals surface area contributed by atoms with Gasteiger partial charge in [0.05, 0.1) is 43.6 Å². The van der Waals surface area contributed by atoms with Crippen LogP contribution in [-0.2, 0) is 20.7 Å². The quantitative estimate of drug-likeness (QED) is 0.599. The molecule has 0 aliphatic carbocycles. The summed E-state index contributed by atoms with van der Waals surface area (Å²) in [5.74, 6) is -0.136. The van der Waals surface area contributed by atoms with Crippen LogP contribution in [0.1, 0.15) is 43.2 Å². The van der Waals surface area contributed by atoms with Crippen molar-refractivity contribution >= 4 is 28.3 Å². The van der Waals surface area contributed by atoms with Gasteiger partial charge in [0.15, 0.2) is 5.13 Å². The lowest BCUT2D eigenvalue weighted by Gasteiger charge is -2.15. The van der Waals surface area contributed by atoms with E-state index < -0.39 is 0 Å². The van der Waals surface area contributed by atoms with E-state index in [4.69, 9.17) is 18.9 Å². The second-order valence-corrected chi connectivity index (χ2v) is 7.74. The van der Waals surface area contributed by atoms with Gasteiger partial charge in [0.1, 0.15) is 6.10 Å². The number of nitrogens with one attached hydrogen (secondary N) is 1. The van der Waals surface area contributed by atoms with Gasteiger partial charge in [-0.25, -0.2) is 4.98 Å². The molecule has 2 aromatic rings. The minimum Gasteiger partial charge on any atom is -0.475 e. The highest BCUT2D eigenvalue weighted by Crippen LogP contribution is 2.24. The monoisotopic (exact) mass is 435 g/mol. The number of hydrogen-bond acceptors (Lipinski definition) is 9. The number of pyridine rings is 1. The summed E-state index contributed by atoms with van der Waals surface area (Å²) in [5.41, 5.74) is 0.870. The number of carbonyl (C=O) groups is 2. The number of anilines is 1. The standard InChI is InChI=1S/C20H25N3O6S/c1-4-27-18(24)9-14-11-30-20(21-14)23-19(25)13-7-16(28-12(2)3)22-17(8-13)29-15-5-6-26-10-15/h7-8,11-12,15H,4-6,9-10H2,1-3H3,(H,21,23,25). The first-order chi connectivity index (χ1) is 14.4. The zero-order valence-corrected chi connectivity index (χ0v) is 18.0. The summed E-state index contributed by atoms with van der Waals surface area (Å²) >= 11 is 1.23. The summed E-state index contributed by atoms with van der Waals surface area (Å²) in [4.78, 5) is 33.0. The van der Waals surface area contributed by atoms with Crippen LogP contribution in [0.3, 0.4) is 0 Å². The molecule has 0 bridgehead atoms. The zero-order valence-electron chi connectivity index (χ0n) is 17.2. The lowest BCUT2D eigenvalue weighted by molar-refractivity contribution is -0.142. The van der Waals surface area contributed by atoms with Crippen molar-refractivity contribution < 1.29 is 28.5 Å². The summed E-state index contributed by atoms with van der Waals surface area (Å²) in [5, 5.41) is 4.83. The maximum atomic E-state index is 12.8. The van der Waals surface area contributed by atoms with Gasteiger partial charge in [-0.1, -0.05) is 0 Å². The topological polar surface area (TPSA) is 109 Å². The molecule has 1 atom stereocenters. The molecule has 1 aliphatic rings. The number of amides is 1. The number of rotatable bonds is 9. The van der Waals surface area contributed by atoms with Gasteiger partial charge in [0.25, 0.3) is 5.91 Å². The van der Waals surface area contributed by atoms with E-state index in [1.807, 2.05) is 13.8 Å². The predicted octanol–water partition coefficient (Wildman–Crippen LogP) is 2.85. The van der Waals surface area contributed by atoms with Crippen LogP contribution in [-0.4, -0.2) is 53.9 Å². The minimum atomic E-state index is -0.379. The first-order valence-electron chi connectivity index (χ1n) is 9.77. The molecular formula is C20H25N3O6S. The van der Waals surface area contributed by atoms with Gasteiger partial charge in [0.2, 0.25) is 11.8 Å². The van der Waals surface area contributed by atoms with Gasteiger partial charge >= 0.3 is 5.97 Å². The van der Waals surface area contributed by atoms with Crippen LogP contribution >= 0.6 is 11.3 Å². The van der Waals surface area contributed by atoms with E-state index >= 15 is 0 Å². The Balaban J connectivity index is 1.72. The lowest BCUT2D eigenvalue weighted by Crippen LogP contribution is -2.18. The number of aromatic nitrogens is 2. The molecule has 3 rings (SSSR count). The van der Waals surface area contributed by atoms with Crippen molar-refractivity contribution in [2.24, 2.45) is 0 Å². The molecule has 0 aromatic carbocycles. The van der Waals surface area contributed by atoms with Crippen molar-refractivity contribution in [3.8, 4) is 11.8 Å². The number of hydrogen-bond donors (Lipinski definition) is 1. The van der Waals surface area contributed by atoms with Gasteiger partial charge in [-0.15, -0.1) is 11.3 Å². The first kappa shape index (κ1) is 22.0. The van der Waals surface area contributed by atoms with Crippen LogP contribution < -0.4 is 14.8 Å². The van der Waals surface area contributed by atoms with Gasteiger partial charge in [0, 0.05) is 23.9 Å². The zero-order chi connectivity index (χ0) is 21.5. The highest BCUT2D eigenvalue weighted by Gasteiger charge is 2.20. The molecule has 1 fully saturated rings. The molecule has 10 heteroatoms. The SMILES string of the molecule is CCOC(=O)Cc1csc(NC(=O)c2cc(OC(C)C)nc(OC3CCOC3)c2)n1. The van der Waals surface area contributed by atoms with Crippen molar-refractivity contribution in [3.63, 3.8) is 0 Å². The third kappa shape index (κ3) is 6.39. The first-order valence-corrected chi connectivity index (χ1v) is 10.7. The molecule has 1 saturated heterocycles. The van der Waals surface area contributed by atoms with Crippen LogP contribution in [0.25, 0.3) is 0 Å². The lowest BCUT2D eigenvalue weighted by atomic mass is 10.2. The predicted molar refractivity (Wildman–Crippen MR) is 110 cm³/mol. The summed E-state index contributed by atoms with van der Waals surface area (Å²) in [6.07, 6.45) is 0.611. The Morgan fingerprint density at radius 3 is 2.80 bits per heavy atom. The molecule has 1 aliphatic heterocycles. The number of nitrogens with zero attached hydrogens (tertiary/aromatic N) is 2. The molecule has 2 aromatic heterocycles. The Morgan fingerprint density at radius 2 is 2.10 bits per heavy atom. The van der Waals surface area contributed by atoms with E-state index in [9.17, 15) is 9.59 Å². The second kappa shape index (κ2) is 10.4. The number of esters is 1. The van der Waals surface area contributed by atoms with E-state index in [0.717, 1.165) is 6.42 Å². The van der Waals surface area contributed by atoms with Crippen LogP contribution in [0.2, 0.25) is 0 Å². The van der Waals surface area contributed by atoms with Crippen molar-refractivity contribution in [2.45, 2.75) is 45.8 Å². The number of ether oxygens (including phenoxy) is 4. The Labute approximate surface area is 178 Å². The Kier molecular flexibility index (Phi) is 7.58. The van der Waals surface area contributed by atoms with Crippen LogP contribution in [0, 0.1) is 0 Å². The maximum absolute atomic E-state index is 12.8. The molecule has 3 heterocycles. The molecular weight excluding hydrogens is 410 g/mol. The van der Waals surface area contributed by atoms with Crippen LogP contribution in [0.15, 0.2) is 17.5 Å². The highest BCUT2D eigenvalue weighted by atomic mass is 32.1. The molecule has 30 heavy (non-hydrogen) atoms. The highest BCUT2D eigenvalue weighted by molar-refractivity contribution is 7.14. The van der Waals surface area contributed by atoms with E-state index in [2.05, 4.69) is 15.3 Å². The normalized spacial score (nSPS) is 15.8. The average Bonchev–Trinajstić information content (AvgIpc) is 3.33. The van der Waals surface area contributed by atoms with Crippen LogP contribution in [0.4, 0.5) is 5.13 Å². The molecule has 9 nitrogen and oxygen atoms in total. The fourth-order valence-corrected chi connectivity index (χ4v) is 3.43. The smallest absolute Gasteiger partial charge is 0.311 e. The number of carbonyl (C=O) groups excluding carboxylic acids is 2. The molecule has 1 amide bonds. The average molecular weight is 436 g/mol. The largest absolute Gasteiger partial charge is 0.475 e. The minimum absolute atomic E-state index is 0.0588. The van der Waals surface area contributed by atoms with Crippen molar-refractivity contribution in [1.82, 2.24) is 9.97 Å². The summed E-state index contributed by atoms with van der Waals surface area (Å²) in [7, 11) is 0. The summed E-state index contributed by atoms with van der Waals surface area (Å²) in [6, 6.07) is 3.12.